The van der Waals surface area contributed by atoms with Crippen molar-refractivity contribution in [2.24, 2.45) is 0 Å². The number of nitrogens with zero attached hydrogens (tertiary/aromatic N) is 2. The molecule has 20 heavy (non-hydrogen) atoms. The third-order valence-corrected chi connectivity index (χ3v) is 4.27. The molecule has 0 bridgehead atoms. The van der Waals surface area contributed by atoms with Gasteiger partial charge in [0.15, 0.2) is 0 Å². The van der Waals surface area contributed by atoms with Gasteiger partial charge in [-0.15, -0.1) is 0 Å². The highest BCUT2D eigenvalue weighted by Gasteiger charge is 2.45. The summed E-state index contributed by atoms with van der Waals surface area (Å²) in [4.78, 5) is 27.5. The molecule has 6 nitrogen and oxygen atoms in total. The Balaban J connectivity index is 2.15. The molecule has 0 aromatic rings. The zero-order valence-electron chi connectivity index (χ0n) is 12.5. The van der Waals surface area contributed by atoms with Crippen LogP contribution in [0.1, 0.15) is 40.0 Å². The van der Waals surface area contributed by atoms with Crippen molar-refractivity contribution in [3.05, 3.63) is 0 Å². The Morgan fingerprint density at radius 2 is 1.80 bits per heavy atom. The summed E-state index contributed by atoms with van der Waals surface area (Å²) >= 11 is 0. The molecule has 2 fully saturated rings. The molecular formula is C14H24N2O4. The second-order valence-electron chi connectivity index (χ2n) is 6.13. The van der Waals surface area contributed by atoms with Crippen molar-refractivity contribution in [2.75, 3.05) is 19.6 Å². The predicted molar refractivity (Wildman–Crippen MR) is 73.6 cm³/mol. The van der Waals surface area contributed by atoms with Gasteiger partial charge in [0.25, 0.3) is 0 Å². The van der Waals surface area contributed by atoms with Crippen LogP contribution in [0.2, 0.25) is 0 Å². The Kier molecular flexibility index (Phi) is 4.22. The van der Waals surface area contributed by atoms with E-state index in [4.69, 9.17) is 4.74 Å². The molecule has 0 spiro atoms. The summed E-state index contributed by atoms with van der Waals surface area (Å²) in [6.45, 7) is 7.08. The first kappa shape index (κ1) is 15.1. The maximum absolute atomic E-state index is 12.7. The van der Waals surface area contributed by atoms with Gasteiger partial charge in [-0.2, -0.15) is 0 Å². The summed E-state index contributed by atoms with van der Waals surface area (Å²) in [5.74, 6) is -0.917. The molecule has 2 amide bonds. The molecule has 0 aromatic carbocycles. The number of rotatable bonds is 1. The van der Waals surface area contributed by atoms with Gasteiger partial charge < -0.3 is 19.6 Å². The highest BCUT2D eigenvalue weighted by atomic mass is 16.5. The van der Waals surface area contributed by atoms with E-state index in [0.29, 0.717) is 26.1 Å². The molecule has 0 saturated carbocycles. The van der Waals surface area contributed by atoms with Crippen LogP contribution in [0.15, 0.2) is 0 Å². The van der Waals surface area contributed by atoms with Gasteiger partial charge in [0, 0.05) is 19.6 Å². The first-order valence-corrected chi connectivity index (χ1v) is 7.30. The molecule has 1 N–H and O–H groups in total. The Labute approximate surface area is 119 Å². The van der Waals surface area contributed by atoms with E-state index in [0.717, 1.165) is 12.8 Å². The fourth-order valence-corrected chi connectivity index (χ4v) is 3.15. The normalized spacial score (nSPS) is 35.0. The van der Waals surface area contributed by atoms with Crippen molar-refractivity contribution in [1.82, 2.24) is 9.80 Å². The van der Waals surface area contributed by atoms with E-state index in [1.165, 1.54) is 4.90 Å². The van der Waals surface area contributed by atoms with Crippen LogP contribution in [-0.2, 0) is 9.53 Å². The van der Waals surface area contributed by atoms with Gasteiger partial charge in [0.1, 0.15) is 5.54 Å². The van der Waals surface area contributed by atoms with Crippen molar-refractivity contribution in [2.45, 2.75) is 57.8 Å². The molecule has 2 saturated heterocycles. The monoisotopic (exact) mass is 284 g/mol. The van der Waals surface area contributed by atoms with E-state index in [1.807, 2.05) is 13.8 Å². The second-order valence-corrected chi connectivity index (χ2v) is 6.13. The first-order chi connectivity index (χ1) is 9.34. The SMILES string of the molecule is C[C@@H]1CN(C(=O)N2CCCCC2(C)C(=O)O)C[C@H](C)O1. The minimum atomic E-state index is -1.08. The second kappa shape index (κ2) is 5.60. The van der Waals surface area contributed by atoms with Gasteiger partial charge in [-0.25, -0.2) is 9.59 Å². The van der Waals surface area contributed by atoms with Crippen molar-refractivity contribution in [1.29, 1.82) is 0 Å². The molecule has 2 aliphatic heterocycles. The van der Waals surface area contributed by atoms with Crippen LogP contribution in [0.25, 0.3) is 0 Å². The van der Waals surface area contributed by atoms with Crippen molar-refractivity contribution < 1.29 is 19.4 Å². The zero-order valence-corrected chi connectivity index (χ0v) is 12.5. The number of hydrogen-bond donors (Lipinski definition) is 1. The third-order valence-electron chi connectivity index (χ3n) is 4.27. The molecule has 3 atom stereocenters. The van der Waals surface area contributed by atoms with Crippen LogP contribution in [0.3, 0.4) is 0 Å². The zero-order chi connectivity index (χ0) is 14.9. The lowest BCUT2D eigenvalue weighted by molar-refractivity contribution is -0.151. The summed E-state index contributed by atoms with van der Waals surface area (Å²) in [5.41, 5.74) is -1.08. The third kappa shape index (κ3) is 2.75. The highest BCUT2D eigenvalue weighted by molar-refractivity contribution is 5.86. The first-order valence-electron chi connectivity index (χ1n) is 7.30. The number of piperidine rings is 1. The van der Waals surface area contributed by atoms with Gasteiger partial charge in [-0.3, -0.25) is 0 Å². The number of aliphatic carboxylic acids is 1. The van der Waals surface area contributed by atoms with Gasteiger partial charge in [0.05, 0.1) is 12.2 Å². The number of ether oxygens (including phenoxy) is 1. The molecule has 1 unspecified atom stereocenters. The number of carbonyl (C=O) groups excluding carboxylic acids is 1. The Morgan fingerprint density at radius 3 is 2.35 bits per heavy atom. The summed E-state index contributed by atoms with van der Waals surface area (Å²) in [6.07, 6.45) is 2.21. The number of carboxylic acids is 1. The molecular weight excluding hydrogens is 260 g/mol. The minimum absolute atomic E-state index is 0.0106. The topological polar surface area (TPSA) is 70.1 Å². The van der Waals surface area contributed by atoms with Crippen LogP contribution >= 0.6 is 0 Å². The van der Waals surface area contributed by atoms with Crippen LogP contribution in [0.4, 0.5) is 4.79 Å². The Bertz CT molecular complexity index is 391. The van der Waals surface area contributed by atoms with Crippen LogP contribution in [0, 0.1) is 0 Å². The average molecular weight is 284 g/mol. The lowest BCUT2D eigenvalue weighted by Crippen LogP contribution is -2.62. The lowest BCUT2D eigenvalue weighted by Gasteiger charge is -2.45. The maximum Gasteiger partial charge on any atom is 0.329 e. The largest absolute Gasteiger partial charge is 0.480 e. The summed E-state index contributed by atoms with van der Waals surface area (Å²) in [7, 11) is 0. The number of amides is 2. The molecule has 2 heterocycles. The fraction of sp³-hybridized carbons (Fsp3) is 0.857. The van der Waals surface area contributed by atoms with Crippen molar-refractivity contribution >= 4 is 12.0 Å². The average Bonchev–Trinajstić information content (AvgIpc) is 2.37. The Hall–Kier alpha value is -1.30. The van der Waals surface area contributed by atoms with Gasteiger partial charge >= 0.3 is 12.0 Å². The van der Waals surface area contributed by atoms with E-state index in [9.17, 15) is 14.7 Å². The lowest BCUT2D eigenvalue weighted by atomic mass is 9.88. The standard InChI is InChI=1S/C14H24N2O4/c1-10-8-15(9-11(2)20-10)13(19)16-7-5-4-6-14(16,3)12(17)18/h10-11H,4-9H2,1-3H3,(H,17,18)/t10-,11+,14?. The predicted octanol–water partition coefficient (Wildman–Crippen LogP) is 1.54. The molecule has 114 valence electrons. The van der Waals surface area contributed by atoms with Gasteiger partial charge in [0.2, 0.25) is 0 Å². The summed E-state index contributed by atoms with van der Waals surface area (Å²) < 4.78 is 5.62. The number of hydrogen-bond acceptors (Lipinski definition) is 3. The number of carbonyl (C=O) groups is 2. The molecule has 0 aliphatic carbocycles. The summed E-state index contributed by atoms with van der Waals surface area (Å²) in [5, 5.41) is 9.48. The van der Waals surface area contributed by atoms with E-state index in [-0.39, 0.29) is 18.2 Å². The van der Waals surface area contributed by atoms with Gasteiger partial charge in [-0.1, -0.05) is 0 Å². The van der Waals surface area contributed by atoms with Gasteiger partial charge in [-0.05, 0) is 40.0 Å². The van der Waals surface area contributed by atoms with E-state index in [2.05, 4.69) is 0 Å². The molecule has 2 aliphatic rings. The van der Waals surface area contributed by atoms with Crippen LogP contribution < -0.4 is 0 Å². The minimum Gasteiger partial charge on any atom is -0.480 e. The quantitative estimate of drug-likeness (QED) is 0.793. The van der Waals surface area contributed by atoms with E-state index >= 15 is 0 Å². The van der Waals surface area contributed by atoms with Crippen LogP contribution in [-0.4, -0.2) is 64.3 Å². The smallest absolute Gasteiger partial charge is 0.329 e. The molecule has 2 rings (SSSR count). The number of likely N-dealkylation sites (tertiary alicyclic amines) is 1. The van der Waals surface area contributed by atoms with Crippen molar-refractivity contribution in [3.63, 3.8) is 0 Å². The molecule has 0 radical (unpaired) electrons. The number of carboxylic acid groups (broad SMARTS) is 1. The Morgan fingerprint density at radius 1 is 1.20 bits per heavy atom. The summed E-state index contributed by atoms with van der Waals surface area (Å²) in [6, 6.07) is -0.170. The van der Waals surface area contributed by atoms with Crippen molar-refractivity contribution in [3.8, 4) is 0 Å². The maximum atomic E-state index is 12.7. The van der Waals surface area contributed by atoms with E-state index < -0.39 is 11.5 Å². The highest BCUT2D eigenvalue weighted by Crippen LogP contribution is 2.30. The van der Waals surface area contributed by atoms with E-state index in [1.54, 1.807) is 11.8 Å². The number of morpholine rings is 1. The van der Waals surface area contributed by atoms with Crippen LogP contribution in [0.5, 0.6) is 0 Å². The number of urea groups is 1. The fourth-order valence-electron chi connectivity index (χ4n) is 3.15. The molecule has 0 aromatic heterocycles. The molecule has 6 heteroatoms.